The fraction of sp³-hybridized carbons (Fsp3) is 0.400. The molecule has 17 heavy (non-hydrogen) atoms. The summed E-state index contributed by atoms with van der Waals surface area (Å²) >= 11 is 0. The first-order valence-electron chi connectivity index (χ1n) is 4.46. The molecule has 0 aromatic heterocycles. The molecule has 0 saturated heterocycles. The second-order valence-corrected chi connectivity index (χ2v) is 3.47. The molecule has 1 rings (SSSR count). The Morgan fingerprint density at radius 2 is 1.53 bits per heavy atom. The zero-order chi connectivity index (χ0) is 13.4. The standard InChI is InChI=1S/C10H8F6O/c1-5-2-6(9(11,12)13)3-8(7(5)4-17)10(14,15)16/h2-3,17H,4H2,1H3. The molecule has 96 valence electrons. The van der Waals surface area contributed by atoms with Crippen molar-refractivity contribution in [3.8, 4) is 0 Å². The number of rotatable bonds is 1. The molecule has 1 aromatic carbocycles. The summed E-state index contributed by atoms with van der Waals surface area (Å²) in [5.74, 6) is 0. The van der Waals surface area contributed by atoms with Crippen LogP contribution in [0, 0.1) is 6.92 Å². The second kappa shape index (κ2) is 4.21. The van der Waals surface area contributed by atoms with Crippen LogP contribution in [0.2, 0.25) is 0 Å². The maximum atomic E-state index is 12.5. The molecular formula is C10H8F6O. The van der Waals surface area contributed by atoms with E-state index in [9.17, 15) is 26.3 Å². The summed E-state index contributed by atoms with van der Waals surface area (Å²) in [5, 5.41) is 8.78. The first kappa shape index (κ1) is 13.8. The topological polar surface area (TPSA) is 20.2 Å². The van der Waals surface area contributed by atoms with Gasteiger partial charge in [-0.2, -0.15) is 26.3 Å². The molecule has 0 amide bonds. The molecule has 0 atom stereocenters. The molecule has 0 unspecified atom stereocenters. The third-order valence-corrected chi connectivity index (χ3v) is 2.26. The van der Waals surface area contributed by atoms with Gasteiger partial charge in [0.2, 0.25) is 0 Å². The Labute approximate surface area is 92.7 Å². The van der Waals surface area contributed by atoms with Gasteiger partial charge in [-0.05, 0) is 30.2 Å². The molecule has 0 aliphatic carbocycles. The van der Waals surface area contributed by atoms with Gasteiger partial charge < -0.3 is 5.11 Å². The van der Waals surface area contributed by atoms with Crippen molar-refractivity contribution in [1.82, 2.24) is 0 Å². The second-order valence-electron chi connectivity index (χ2n) is 3.47. The Balaban J connectivity index is 3.51. The van der Waals surface area contributed by atoms with Crippen LogP contribution in [-0.2, 0) is 19.0 Å². The van der Waals surface area contributed by atoms with Gasteiger partial charge in [-0.1, -0.05) is 0 Å². The fourth-order valence-electron chi connectivity index (χ4n) is 1.44. The first-order valence-corrected chi connectivity index (χ1v) is 4.46. The minimum atomic E-state index is -4.93. The summed E-state index contributed by atoms with van der Waals surface area (Å²) in [7, 11) is 0. The Morgan fingerprint density at radius 3 is 1.88 bits per heavy atom. The van der Waals surface area contributed by atoms with Gasteiger partial charge in [-0.3, -0.25) is 0 Å². The molecule has 1 nitrogen and oxygen atoms in total. The van der Waals surface area contributed by atoms with Crippen molar-refractivity contribution in [2.24, 2.45) is 0 Å². The molecular weight excluding hydrogens is 250 g/mol. The van der Waals surface area contributed by atoms with E-state index in [0.29, 0.717) is 6.07 Å². The Morgan fingerprint density at radius 1 is 1.00 bits per heavy atom. The summed E-state index contributed by atoms with van der Waals surface area (Å²) in [4.78, 5) is 0. The van der Waals surface area contributed by atoms with Crippen molar-refractivity contribution in [1.29, 1.82) is 0 Å². The van der Waals surface area contributed by atoms with Gasteiger partial charge >= 0.3 is 12.4 Å². The van der Waals surface area contributed by atoms with Crippen molar-refractivity contribution in [2.75, 3.05) is 0 Å². The van der Waals surface area contributed by atoms with Crippen molar-refractivity contribution < 1.29 is 31.4 Å². The number of hydrogen-bond acceptors (Lipinski definition) is 1. The van der Waals surface area contributed by atoms with E-state index in [2.05, 4.69) is 0 Å². The van der Waals surface area contributed by atoms with Crippen LogP contribution in [-0.4, -0.2) is 5.11 Å². The zero-order valence-electron chi connectivity index (χ0n) is 8.58. The van der Waals surface area contributed by atoms with E-state index in [1.165, 1.54) is 0 Å². The van der Waals surface area contributed by atoms with Crippen LogP contribution in [0.1, 0.15) is 22.3 Å². The quantitative estimate of drug-likeness (QED) is 0.764. The van der Waals surface area contributed by atoms with Gasteiger partial charge in [0.25, 0.3) is 0 Å². The normalized spacial score (nSPS) is 12.9. The molecule has 0 fully saturated rings. The molecule has 1 aromatic rings. The monoisotopic (exact) mass is 258 g/mol. The maximum Gasteiger partial charge on any atom is 0.416 e. The smallest absolute Gasteiger partial charge is 0.392 e. The third kappa shape index (κ3) is 2.91. The lowest BCUT2D eigenvalue weighted by Crippen LogP contribution is -2.15. The number of aliphatic hydroxyl groups excluding tert-OH is 1. The molecule has 1 N–H and O–H groups in total. The van der Waals surface area contributed by atoms with E-state index < -0.39 is 35.6 Å². The summed E-state index contributed by atoms with van der Waals surface area (Å²) in [6.07, 6.45) is -9.77. The van der Waals surface area contributed by atoms with E-state index in [1.807, 2.05) is 0 Å². The molecule has 0 aliphatic heterocycles. The van der Waals surface area contributed by atoms with E-state index in [1.54, 1.807) is 0 Å². The average molecular weight is 258 g/mol. The highest BCUT2D eigenvalue weighted by Gasteiger charge is 2.38. The summed E-state index contributed by atoms with van der Waals surface area (Å²) < 4.78 is 74.5. The molecule has 0 aliphatic rings. The van der Waals surface area contributed by atoms with Crippen LogP contribution < -0.4 is 0 Å². The Kier molecular flexibility index (Phi) is 3.42. The number of alkyl halides is 6. The van der Waals surface area contributed by atoms with Crippen molar-refractivity contribution in [2.45, 2.75) is 25.9 Å². The van der Waals surface area contributed by atoms with Crippen LogP contribution in [0.4, 0.5) is 26.3 Å². The van der Waals surface area contributed by atoms with Gasteiger partial charge in [0.1, 0.15) is 0 Å². The predicted molar refractivity (Wildman–Crippen MR) is 47.1 cm³/mol. The number of aryl methyl sites for hydroxylation is 1. The average Bonchev–Trinajstić information content (AvgIpc) is 2.13. The molecule has 0 saturated carbocycles. The first-order chi connectivity index (χ1) is 7.57. The number of hydrogen-bond donors (Lipinski definition) is 1. The minimum absolute atomic E-state index is 0.0125. The van der Waals surface area contributed by atoms with Crippen LogP contribution in [0.3, 0.4) is 0 Å². The summed E-state index contributed by atoms with van der Waals surface area (Å²) in [6.45, 7) is 0.134. The van der Waals surface area contributed by atoms with Crippen LogP contribution >= 0.6 is 0 Å². The molecule has 0 heterocycles. The Hall–Kier alpha value is -1.24. The van der Waals surface area contributed by atoms with Crippen molar-refractivity contribution in [3.63, 3.8) is 0 Å². The van der Waals surface area contributed by atoms with Crippen LogP contribution in [0.25, 0.3) is 0 Å². The summed E-state index contributed by atoms with van der Waals surface area (Å²) in [5.41, 5.74) is -3.60. The lowest BCUT2D eigenvalue weighted by molar-refractivity contribution is -0.143. The highest BCUT2D eigenvalue weighted by atomic mass is 19.4. The SMILES string of the molecule is Cc1cc(C(F)(F)F)cc(C(F)(F)F)c1CO. The summed E-state index contributed by atoms with van der Waals surface area (Å²) in [6, 6.07) is 0.597. The number of benzene rings is 1. The molecule has 7 heteroatoms. The van der Waals surface area contributed by atoms with Gasteiger partial charge in [0.05, 0.1) is 17.7 Å². The lowest BCUT2D eigenvalue weighted by atomic mass is 9.98. The van der Waals surface area contributed by atoms with Crippen molar-refractivity contribution in [3.05, 3.63) is 34.4 Å². The lowest BCUT2D eigenvalue weighted by Gasteiger charge is -2.17. The predicted octanol–water partition coefficient (Wildman–Crippen LogP) is 3.52. The van der Waals surface area contributed by atoms with Gasteiger partial charge in [0, 0.05) is 0 Å². The van der Waals surface area contributed by atoms with E-state index in [4.69, 9.17) is 5.11 Å². The Bertz CT molecular complexity index is 418. The minimum Gasteiger partial charge on any atom is -0.392 e. The van der Waals surface area contributed by atoms with Gasteiger partial charge in [-0.15, -0.1) is 0 Å². The number of halogens is 6. The van der Waals surface area contributed by atoms with Crippen LogP contribution in [0.5, 0.6) is 0 Å². The maximum absolute atomic E-state index is 12.5. The van der Waals surface area contributed by atoms with Gasteiger partial charge in [0.15, 0.2) is 0 Å². The van der Waals surface area contributed by atoms with E-state index in [0.717, 1.165) is 6.92 Å². The van der Waals surface area contributed by atoms with E-state index in [-0.39, 0.29) is 11.6 Å². The van der Waals surface area contributed by atoms with Gasteiger partial charge in [-0.25, -0.2) is 0 Å². The molecule has 0 bridgehead atoms. The zero-order valence-corrected chi connectivity index (χ0v) is 8.58. The largest absolute Gasteiger partial charge is 0.416 e. The van der Waals surface area contributed by atoms with E-state index >= 15 is 0 Å². The molecule has 0 radical (unpaired) electrons. The number of aliphatic hydroxyl groups is 1. The van der Waals surface area contributed by atoms with Crippen molar-refractivity contribution >= 4 is 0 Å². The highest BCUT2D eigenvalue weighted by molar-refractivity contribution is 5.41. The highest BCUT2D eigenvalue weighted by Crippen LogP contribution is 2.38. The van der Waals surface area contributed by atoms with Crippen LogP contribution in [0.15, 0.2) is 12.1 Å². The third-order valence-electron chi connectivity index (χ3n) is 2.26. The molecule has 0 spiro atoms. The fourth-order valence-corrected chi connectivity index (χ4v) is 1.44.